The van der Waals surface area contributed by atoms with Crippen LogP contribution in [0.15, 0.2) is 12.4 Å². The van der Waals surface area contributed by atoms with Gasteiger partial charge in [0, 0.05) is 44.3 Å². The van der Waals surface area contributed by atoms with Crippen molar-refractivity contribution in [2.75, 3.05) is 20.3 Å². The molecular weight excluding hydrogens is 258 g/mol. The number of fused-ring (bicyclic) bond motifs is 1. The van der Waals surface area contributed by atoms with E-state index in [1.165, 1.54) is 0 Å². The number of aryl methyl sites for hydroxylation is 1. The van der Waals surface area contributed by atoms with Crippen molar-refractivity contribution >= 4 is 5.91 Å². The summed E-state index contributed by atoms with van der Waals surface area (Å²) >= 11 is 0. The molecule has 4 atom stereocenters. The molecule has 110 valence electrons. The molecule has 1 aromatic heterocycles. The largest absolute Gasteiger partial charge is 0.384 e. The van der Waals surface area contributed by atoms with Gasteiger partial charge in [0.1, 0.15) is 0 Å². The monoisotopic (exact) mass is 279 g/mol. The molecule has 20 heavy (non-hydrogen) atoms. The van der Waals surface area contributed by atoms with Crippen LogP contribution in [-0.2, 0) is 16.0 Å². The highest BCUT2D eigenvalue weighted by Crippen LogP contribution is 2.43. The number of amides is 1. The van der Waals surface area contributed by atoms with E-state index in [0.717, 1.165) is 19.6 Å². The van der Waals surface area contributed by atoms with Gasteiger partial charge in [-0.1, -0.05) is 0 Å². The van der Waals surface area contributed by atoms with Crippen molar-refractivity contribution in [3.05, 3.63) is 18.0 Å². The van der Waals surface area contributed by atoms with Crippen LogP contribution in [0.2, 0.25) is 0 Å². The minimum absolute atomic E-state index is 0.0545. The van der Waals surface area contributed by atoms with Crippen LogP contribution in [0.1, 0.15) is 23.7 Å². The van der Waals surface area contributed by atoms with Gasteiger partial charge < -0.3 is 14.8 Å². The van der Waals surface area contributed by atoms with E-state index in [4.69, 9.17) is 9.47 Å². The van der Waals surface area contributed by atoms with Gasteiger partial charge in [-0.05, 0) is 13.3 Å². The van der Waals surface area contributed by atoms with Crippen molar-refractivity contribution in [1.82, 2.24) is 15.1 Å². The van der Waals surface area contributed by atoms with Crippen LogP contribution in [0.3, 0.4) is 0 Å². The Kier molecular flexibility index (Phi) is 3.76. The number of nitrogens with one attached hydrogen (secondary N) is 1. The van der Waals surface area contributed by atoms with Crippen LogP contribution in [0.25, 0.3) is 0 Å². The summed E-state index contributed by atoms with van der Waals surface area (Å²) in [5, 5.41) is 7.26. The lowest BCUT2D eigenvalue weighted by Gasteiger charge is -2.47. The second-order valence-corrected chi connectivity index (χ2v) is 5.49. The van der Waals surface area contributed by atoms with Gasteiger partial charge in [0.05, 0.1) is 24.5 Å². The van der Waals surface area contributed by atoms with Crippen LogP contribution in [-0.4, -0.2) is 48.2 Å². The van der Waals surface area contributed by atoms with Gasteiger partial charge in [0.25, 0.3) is 5.91 Å². The third kappa shape index (κ3) is 2.23. The van der Waals surface area contributed by atoms with Crippen LogP contribution >= 0.6 is 0 Å². The van der Waals surface area contributed by atoms with Crippen LogP contribution in [0.4, 0.5) is 0 Å². The molecule has 1 N–H and O–H groups in total. The number of methoxy groups -OCH3 is 1. The minimum atomic E-state index is -0.0545. The fourth-order valence-electron chi connectivity index (χ4n) is 3.32. The Morgan fingerprint density at radius 3 is 3.20 bits per heavy atom. The number of carbonyl (C=O) groups excluding carboxylic acids is 1. The fraction of sp³-hybridized carbons (Fsp3) is 0.714. The molecule has 0 unspecified atom stereocenters. The van der Waals surface area contributed by atoms with Crippen molar-refractivity contribution in [2.45, 2.75) is 32.0 Å². The summed E-state index contributed by atoms with van der Waals surface area (Å²) in [6, 6.07) is 0.153. The van der Waals surface area contributed by atoms with E-state index >= 15 is 0 Å². The van der Waals surface area contributed by atoms with Crippen molar-refractivity contribution in [3.8, 4) is 0 Å². The second-order valence-electron chi connectivity index (χ2n) is 5.49. The van der Waals surface area contributed by atoms with Gasteiger partial charge in [-0.3, -0.25) is 9.48 Å². The van der Waals surface area contributed by atoms with Gasteiger partial charge in [0.2, 0.25) is 0 Å². The quantitative estimate of drug-likeness (QED) is 0.861. The van der Waals surface area contributed by atoms with Crippen molar-refractivity contribution in [3.63, 3.8) is 0 Å². The van der Waals surface area contributed by atoms with Gasteiger partial charge in [-0.2, -0.15) is 5.10 Å². The van der Waals surface area contributed by atoms with Crippen molar-refractivity contribution in [2.24, 2.45) is 11.8 Å². The van der Waals surface area contributed by atoms with Crippen LogP contribution in [0.5, 0.6) is 0 Å². The van der Waals surface area contributed by atoms with E-state index in [1.54, 1.807) is 24.2 Å². The number of ether oxygens (including phenoxy) is 2. The first-order valence-corrected chi connectivity index (χ1v) is 7.18. The summed E-state index contributed by atoms with van der Waals surface area (Å²) in [5.41, 5.74) is 0.616. The number of nitrogens with zero attached hydrogens (tertiary/aromatic N) is 2. The van der Waals surface area contributed by atoms with E-state index in [9.17, 15) is 4.79 Å². The molecular formula is C14H21N3O3. The van der Waals surface area contributed by atoms with E-state index < -0.39 is 0 Å². The smallest absolute Gasteiger partial charge is 0.254 e. The summed E-state index contributed by atoms with van der Waals surface area (Å²) in [6.45, 7) is 4.17. The molecule has 2 heterocycles. The summed E-state index contributed by atoms with van der Waals surface area (Å²) in [7, 11) is 1.69. The SMILES string of the molecule is CCn1cc(C(=O)N[C@H]2[C@@H](COC)[C@H]3OCC[C@@H]23)cn1. The molecule has 0 radical (unpaired) electrons. The number of hydrogen-bond donors (Lipinski definition) is 1. The molecule has 1 aliphatic carbocycles. The molecule has 0 bridgehead atoms. The molecule has 2 aliphatic rings. The van der Waals surface area contributed by atoms with E-state index in [2.05, 4.69) is 10.4 Å². The highest BCUT2D eigenvalue weighted by molar-refractivity contribution is 5.94. The lowest BCUT2D eigenvalue weighted by molar-refractivity contribution is -0.0809. The Bertz CT molecular complexity index is 488. The fourth-order valence-corrected chi connectivity index (χ4v) is 3.32. The minimum Gasteiger partial charge on any atom is -0.384 e. The van der Waals surface area contributed by atoms with Crippen LogP contribution < -0.4 is 5.32 Å². The van der Waals surface area contributed by atoms with Gasteiger partial charge in [0.15, 0.2) is 0 Å². The van der Waals surface area contributed by atoms with Crippen LogP contribution in [0, 0.1) is 11.8 Å². The topological polar surface area (TPSA) is 65.4 Å². The number of carbonyl (C=O) groups is 1. The molecule has 2 fully saturated rings. The molecule has 6 heteroatoms. The lowest BCUT2D eigenvalue weighted by atomic mass is 9.67. The molecule has 3 rings (SSSR count). The first-order valence-electron chi connectivity index (χ1n) is 7.18. The number of hydrogen-bond acceptors (Lipinski definition) is 4. The van der Waals surface area contributed by atoms with Crippen molar-refractivity contribution in [1.29, 1.82) is 0 Å². The summed E-state index contributed by atoms with van der Waals surface area (Å²) in [4.78, 5) is 12.3. The summed E-state index contributed by atoms with van der Waals surface area (Å²) in [6.07, 6.45) is 4.66. The first-order chi connectivity index (χ1) is 9.74. The average molecular weight is 279 g/mol. The molecule has 1 aliphatic heterocycles. The number of rotatable bonds is 5. The Morgan fingerprint density at radius 2 is 2.50 bits per heavy atom. The highest BCUT2D eigenvalue weighted by Gasteiger charge is 2.54. The maximum Gasteiger partial charge on any atom is 0.254 e. The molecule has 1 saturated carbocycles. The van der Waals surface area contributed by atoms with Gasteiger partial charge in [-0.15, -0.1) is 0 Å². The molecule has 1 saturated heterocycles. The summed E-state index contributed by atoms with van der Waals surface area (Å²) < 4.78 is 12.7. The third-order valence-corrected chi connectivity index (χ3v) is 4.40. The lowest BCUT2D eigenvalue weighted by Crippen LogP contribution is -2.62. The van der Waals surface area contributed by atoms with Crippen molar-refractivity contribution < 1.29 is 14.3 Å². The molecule has 6 nitrogen and oxygen atoms in total. The zero-order valence-corrected chi connectivity index (χ0v) is 11.9. The van der Waals surface area contributed by atoms with E-state index in [0.29, 0.717) is 18.1 Å². The molecule has 0 aromatic carbocycles. The maximum absolute atomic E-state index is 12.3. The molecule has 0 spiro atoms. The normalized spacial score (nSPS) is 31.7. The van der Waals surface area contributed by atoms with Gasteiger partial charge in [-0.25, -0.2) is 0 Å². The Morgan fingerprint density at radius 1 is 1.65 bits per heavy atom. The second kappa shape index (κ2) is 5.54. The Hall–Kier alpha value is -1.40. The first kappa shape index (κ1) is 13.6. The van der Waals surface area contributed by atoms with E-state index in [1.807, 2.05) is 6.92 Å². The maximum atomic E-state index is 12.3. The number of aromatic nitrogens is 2. The average Bonchev–Trinajstić information content (AvgIpc) is 3.09. The predicted molar refractivity (Wildman–Crippen MR) is 72.4 cm³/mol. The Balaban J connectivity index is 1.65. The zero-order valence-electron chi connectivity index (χ0n) is 11.9. The zero-order chi connectivity index (χ0) is 14.1. The summed E-state index contributed by atoms with van der Waals surface area (Å²) in [5.74, 6) is 0.638. The third-order valence-electron chi connectivity index (χ3n) is 4.40. The van der Waals surface area contributed by atoms with E-state index in [-0.39, 0.29) is 24.0 Å². The highest BCUT2D eigenvalue weighted by atomic mass is 16.5. The Labute approximate surface area is 118 Å². The molecule has 1 amide bonds. The molecule has 1 aromatic rings. The standard InChI is InChI=1S/C14H21N3O3/c1-3-17-7-9(6-15-17)14(18)16-12-10-4-5-20-13(10)11(12)8-19-2/h6-7,10-13H,3-5,8H2,1-2H3,(H,16,18)/t10-,11+,12+,13-/m0/s1. The van der Waals surface area contributed by atoms with Gasteiger partial charge >= 0.3 is 0 Å². The predicted octanol–water partition coefficient (Wildman–Crippen LogP) is 0.683.